The molecule has 1 amide bonds. The number of rotatable bonds is 3. The van der Waals surface area contributed by atoms with Crippen LogP contribution in [-0.2, 0) is 6.54 Å². The number of anilines is 1. The lowest BCUT2D eigenvalue weighted by Gasteiger charge is -2.31. The van der Waals surface area contributed by atoms with Gasteiger partial charge < -0.3 is 10.6 Å². The van der Waals surface area contributed by atoms with Crippen LogP contribution in [0.25, 0.3) is 0 Å². The first-order chi connectivity index (χ1) is 8.65. The third-order valence-corrected chi connectivity index (χ3v) is 3.81. The van der Waals surface area contributed by atoms with E-state index in [1.807, 2.05) is 18.9 Å². The number of nitrogens with two attached hydrogens (primary N) is 1. The predicted octanol–water partition coefficient (Wildman–Crippen LogP) is 1.89. The molecule has 2 rings (SSSR count). The first kappa shape index (κ1) is 12.9. The van der Waals surface area contributed by atoms with Crippen LogP contribution >= 0.6 is 0 Å². The molecule has 5 heteroatoms. The van der Waals surface area contributed by atoms with Crippen molar-refractivity contribution in [1.82, 2.24) is 14.7 Å². The molecule has 1 saturated carbocycles. The van der Waals surface area contributed by atoms with E-state index in [1.54, 1.807) is 10.9 Å². The predicted molar refractivity (Wildman–Crippen MR) is 71.3 cm³/mol. The van der Waals surface area contributed by atoms with Gasteiger partial charge in [0, 0.05) is 19.6 Å². The quantitative estimate of drug-likeness (QED) is 0.891. The third-order valence-electron chi connectivity index (χ3n) is 3.81. The Bertz CT molecular complexity index is 421. The van der Waals surface area contributed by atoms with Gasteiger partial charge in [0.1, 0.15) is 5.69 Å². The number of carbonyl (C=O) groups excluding carboxylic acids is 1. The van der Waals surface area contributed by atoms with E-state index in [2.05, 4.69) is 5.10 Å². The van der Waals surface area contributed by atoms with Crippen LogP contribution in [0.1, 0.15) is 49.5 Å². The van der Waals surface area contributed by atoms with Crippen molar-refractivity contribution in [2.24, 2.45) is 0 Å². The van der Waals surface area contributed by atoms with E-state index in [4.69, 9.17) is 5.73 Å². The van der Waals surface area contributed by atoms with Crippen molar-refractivity contribution in [2.45, 2.75) is 51.6 Å². The highest BCUT2D eigenvalue weighted by Gasteiger charge is 2.26. The maximum atomic E-state index is 12.5. The van der Waals surface area contributed by atoms with Crippen molar-refractivity contribution >= 4 is 11.6 Å². The standard InChI is InChI=1S/C13H22N4O/c1-3-17-12(11(14)9-15-17)13(18)16(2)10-7-5-4-6-8-10/h9-10H,3-8,14H2,1-2H3. The minimum Gasteiger partial charge on any atom is -0.396 e. The number of aryl methyl sites for hydroxylation is 1. The monoisotopic (exact) mass is 250 g/mol. The van der Waals surface area contributed by atoms with Gasteiger partial charge in [-0.25, -0.2) is 0 Å². The molecule has 1 aromatic rings. The average Bonchev–Trinajstić information content (AvgIpc) is 2.79. The maximum absolute atomic E-state index is 12.5. The molecule has 1 heterocycles. The number of hydrogen-bond donors (Lipinski definition) is 1. The van der Waals surface area contributed by atoms with E-state index in [1.165, 1.54) is 19.3 Å². The molecule has 5 nitrogen and oxygen atoms in total. The fourth-order valence-corrected chi connectivity index (χ4v) is 2.67. The third kappa shape index (κ3) is 2.35. The highest BCUT2D eigenvalue weighted by molar-refractivity contribution is 5.97. The van der Waals surface area contributed by atoms with Gasteiger partial charge in [0.15, 0.2) is 0 Å². The van der Waals surface area contributed by atoms with Gasteiger partial charge in [-0.15, -0.1) is 0 Å². The van der Waals surface area contributed by atoms with Crippen molar-refractivity contribution in [1.29, 1.82) is 0 Å². The molecule has 0 spiro atoms. The Morgan fingerprint density at radius 2 is 2.17 bits per heavy atom. The van der Waals surface area contributed by atoms with Crippen LogP contribution in [0, 0.1) is 0 Å². The van der Waals surface area contributed by atoms with Gasteiger partial charge in [-0.3, -0.25) is 9.48 Å². The molecule has 0 aromatic carbocycles. The molecule has 2 N–H and O–H groups in total. The zero-order chi connectivity index (χ0) is 13.1. The van der Waals surface area contributed by atoms with E-state index in [9.17, 15) is 4.79 Å². The van der Waals surface area contributed by atoms with Crippen molar-refractivity contribution in [2.75, 3.05) is 12.8 Å². The number of nitrogen functional groups attached to an aromatic ring is 1. The number of hydrogen-bond acceptors (Lipinski definition) is 3. The van der Waals surface area contributed by atoms with Crippen LogP contribution in [0.5, 0.6) is 0 Å². The summed E-state index contributed by atoms with van der Waals surface area (Å²) in [6.07, 6.45) is 7.47. The molecule has 1 aromatic heterocycles. The molecule has 18 heavy (non-hydrogen) atoms. The van der Waals surface area contributed by atoms with E-state index in [0.29, 0.717) is 24.0 Å². The van der Waals surface area contributed by atoms with Crippen LogP contribution < -0.4 is 5.73 Å². The average molecular weight is 250 g/mol. The molecule has 0 aliphatic heterocycles. The molecular formula is C13H22N4O. The first-order valence-corrected chi connectivity index (χ1v) is 6.73. The Labute approximate surface area is 108 Å². The van der Waals surface area contributed by atoms with Gasteiger partial charge in [0.25, 0.3) is 5.91 Å². The minimum absolute atomic E-state index is 0.00116. The second-order valence-electron chi connectivity index (χ2n) is 4.97. The zero-order valence-corrected chi connectivity index (χ0v) is 11.2. The Morgan fingerprint density at radius 3 is 2.78 bits per heavy atom. The van der Waals surface area contributed by atoms with Crippen LogP contribution in [0.4, 0.5) is 5.69 Å². The van der Waals surface area contributed by atoms with Gasteiger partial charge >= 0.3 is 0 Å². The van der Waals surface area contributed by atoms with Gasteiger partial charge in [-0.2, -0.15) is 5.10 Å². The fourth-order valence-electron chi connectivity index (χ4n) is 2.67. The van der Waals surface area contributed by atoms with Crippen molar-refractivity contribution < 1.29 is 4.79 Å². The van der Waals surface area contributed by atoms with Gasteiger partial charge in [-0.1, -0.05) is 19.3 Å². The van der Waals surface area contributed by atoms with E-state index in [0.717, 1.165) is 12.8 Å². The summed E-state index contributed by atoms with van der Waals surface area (Å²) in [6, 6.07) is 0.353. The summed E-state index contributed by atoms with van der Waals surface area (Å²) in [4.78, 5) is 14.3. The Morgan fingerprint density at radius 1 is 1.50 bits per heavy atom. The summed E-state index contributed by atoms with van der Waals surface area (Å²) >= 11 is 0. The number of amides is 1. The summed E-state index contributed by atoms with van der Waals surface area (Å²) in [5.74, 6) is -0.00116. The summed E-state index contributed by atoms with van der Waals surface area (Å²) in [6.45, 7) is 2.63. The lowest BCUT2D eigenvalue weighted by atomic mass is 9.94. The number of carbonyl (C=O) groups is 1. The Hall–Kier alpha value is -1.52. The molecule has 100 valence electrons. The zero-order valence-electron chi connectivity index (χ0n) is 11.2. The lowest BCUT2D eigenvalue weighted by Crippen LogP contribution is -2.39. The summed E-state index contributed by atoms with van der Waals surface area (Å²) in [5.41, 5.74) is 6.86. The SMILES string of the molecule is CCn1ncc(N)c1C(=O)N(C)C1CCCCC1. The number of nitrogens with zero attached hydrogens (tertiary/aromatic N) is 3. The molecule has 0 atom stereocenters. The van der Waals surface area contributed by atoms with Crippen LogP contribution in [-0.4, -0.2) is 33.7 Å². The van der Waals surface area contributed by atoms with Gasteiger partial charge in [0.2, 0.25) is 0 Å². The van der Waals surface area contributed by atoms with Gasteiger partial charge in [-0.05, 0) is 19.8 Å². The Balaban J connectivity index is 2.16. The first-order valence-electron chi connectivity index (χ1n) is 6.73. The second-order valence-corrected chi connectivity index (χ2v) is 4.97. The van der Waals surface area contributed by atoms with Crippen LogP contribution in [0.2, 0.25) is 0 Å². The Kier molecular flexibility index (Phi) is 3.89. The minimum atomic E-state index is -0.00116. The van der Waals surface area contributed by atoms with E-state index < -0.39 is 0 Å². The highest BCUT2D eigenvalue weighted by atomic mass is 16.2. The largest absolute Gasteiger partial charge is 0.396 e. The van der Waals surface area contributed by atoms with Gasteiger partial charge in [0.05, 0.1) is 11.9 Å². The topological polar surface area (TPSA) is 64.2 Å². The van der Waals surface area contributed by atoms with Crippen molar-refractivity contribution in [3.63, 3.8) is 0 Å². The maximum Gasteiger partial charge on any atom is 0.274 e. The molecule has 1 aliphatic rings. The van der Waals surface area contributed by atoms with Crippen molar-refractivity contribution in [3.05, 3.63) is 11.9 Å². The molecule has 0 bridgehead atoms. The molecule has 0 saturated heterocycles. The smallest absolute Gasteiger partial charge is 0.274 e. The molecular weight excluding hydrogens is 228 g/mol. The molecule has 0 unspecified atom stereocenters. The van der Waals surface area contributed by atoms with E-state index >= 15 is 0 Å². The summed E-state index contributed by atoms with van der Waals surface area (Å²) < 4.78 is 1.68. The molecule has 0 radical (unpaired) electrons. The summed E-state index contributed by atoms with van der Waals surface area (Å²) in [5, 5.41) is 4.13. The normalized spacial score (nSPS) is 16.8. The fraction of sp³-hybridized carbons (Fsp3) is 0.692. The van der Waals surface area contributed by atoms with Crippen molar-refractivity contribution in [3.8, 4) is 0 Å². The summed E-state index contributed by atoms with van der Waals surface area (Å²) in [7, 11) is 1.88. The molecule has 1 fully saturated rings. The second kappa shape index (κ2) is 5.42. The number of aromatic nitrogens is 2. The van der Waals surface area contributed by atoms with Crippen LogP contribution in [0.3, 0.4) is 0 Å². The van der Waals surface area contributed by atoms with Crippen LogP contribution in [0.15, 0.2) is 6.20 Å². The van der Waals surface area contributed by atoms with E-state index in [-0.39, 0.29) is 5.91 Å². The molecule has 1 aliphatic carbocycles. The lowest BCUT2D eigenvalue weighted by molar-refractivity contribution is 0.0685. The highest BCUT2D eigenvalue weighted by Crippen LogP contribution is 2.24.